The molecule has 0 saturated carbocycles. The second kappa shape index (κ2) is 19.1. The van der Waals surface area contributed by atoms with Gasteiger partial charge in [-0.1, -0.05) is 80.6 Å². The summed E-state index contributed by atoms with van der Waals surface area (Å²) < 4.78 is 17.7. The summed E-state index contributed by atoms with van der Waals surface area (Å²) in [6, 6.07) is 19.5. The van der Waals surface area contributed by atoms with E-state index in [2.05, 4.69) is 33.1 Å². The molecule has 6 rings (SSSR count). The number of alkyl carbamates (subject to hydrolysis) is 1. The number of likely N-dealkylation sites (tertiary alicyclic amines) is 1. The molecule has 0 radical (unpaired) electrons. The molecule has 4 N–H and O–H groups in total. The fourth-order valence-electron chi connectivity index (χ4n) is 8.59. The summed E-state index contributed by atoms with van der Waals surface area (Å²) in [7, 11) is 0. The van der Waals surface area contributed by atoms with E-state index in [-0.39, 0.29) is 31.3 Å². The van der Waals surface area contributed by atoms with Crippen LogP contribution < -0.4 is 16.0 Å². The zero-order valence-electron chi connectivity index (χ0n) is 37.5. The minimum Gasteiger partial charge on any atom is -0.458 e. The molecule has 0 unspecified atom stereocenters. The van der Waals surface area contributed by atoms with Crippen molar-refractivity contribution in [2.45, 2.75) is 135 Å². The van der Waals surface area contributed by atoms with Gasteiger partial charge in [0, 0.05) is 36.0 Å². The minimum absolute atomic E-state index is 0.0404. The second-order valence-electron chi connectivity index (χ2n) is 18.9. The molecule has 4 amide bonds. The molecule has 2 heterocycles. The Hall–Kier alpha value is -5.69. The zero-order valence-corrected chi connectivity index (χ0v) is 37.5. The molecule has 1 aromatic heterocycles. The maximum absolute atomic E-state index is 14.6. The molecule has 1 saturated heterocycles. The van der Waals surface area contributed by atoms with Gasteiger partial charge in [0.05, 0.1) is 11.7 Å². The van der Waals surface area contributed by atoms with Gasteiger partial charge in [-0.3, -0.25) is 14.4 Å². The highest BCUT2D eigenvalue weighted by Gasteiger charge is 2.41. The van der Waals surface area contributed by atoms with E-state index in [1.165, 1.54) is 4.90 Å². The number of amides is 4. The van der Waals surface area contributed by atoms with Crippen molar-refractivity contribution in [3.63, 3.8) is 0 Å². The molecular formula is C49H63N5O8. The third-order valence-corrected chi connectivity index (χ3v) is 11.2. The molecule has 1 fully saturated rings. The van der Waals surface area contributed by atoms with E-state index in [4.69, 9.17) is 14.2 Å². The maximum atomic E-state index is 14.6. The largest absolute Gasteiger partial charge is 0.458 e. The number of benzene rings is 3. The lowest BCUT2D eigenvalue weighted by Crippen LogP contribution is -2.60. The molecule has 332 valence electrons. The van der Waals surface area contributed by atoms with Gasteiger partial charge in [-0.15, -0.1) is 0 Å². The van der Waals surface area contributed by atoms with Crippen LogP contribution in [0.15, 0.2) is 79.0 Å². The normalized spacial score (nSPS) is 17.1. The third-order valence-electron chi connectivity index (χ3n) is 11.2. The van der Waals surface area contributed by atoms with E-state index in [0.717, 1.165) is 38.7 Å². The van der Waals surface area contributed by atoms with Gasteiger partial charge in [0.2, 0.25) is 17.7 Å². The number of carbonyl (C=O) groups is 5. The molecule has 13 nitrogen and oxygen atoms in total. The summed E-state index contributed by atoms with van der Waals surface area (Å²) in [6.45, 7) is 16.8. The Kier molecular flexibility index (Phi) is 14.2. The van der Waals surface area contributed by atoms with Crippen LogP contribution in [0.3, 0.4) is 0 Å². The number of nitrogens with one attached hydrogen (secondary N) is 4. The van der Waals surface area contributed by atoms with Gasteiger partial charge in [0.1, 0.15) is 36.4 Å². The molecule has 4 aromatic rings. The lowest BCUT2D eigenvalue weighted by Gasteiger charge is -2.33. The van der Waals surface area contributed by atoms with E-state index in [0.29, 0.717) is 19.4 Å². The van der Waals surface area contributed by atoms with Crippen LogP contribution in [-0.4, -0.2) is 94.3 Å². The monoisotopic (exact) mass is 849 g/mol. The molecule has 62 heavy (non-hydrogen) atoms. The predicted molar refractivity (Wildman–Crippen MR) is 238 cm³/mol. The molecule has 1 aliphatic carbocycles. The van der Waals surface area contributed by atoms with Crippen molar-refractivity contribution in [3.8, 4) is 11.1 Å². The van der Waals surface area contributed by atoms with Gasteiger partial charge in [0.25, 0.3) is 0 Å². The Morgan fingerprint density at radius 1 is 0.774 bits per heavy atom. The molecule has 5 atom stereocenters. The number of H-pyrrole nitrogens is 1. The summed E-state index contributed by atoms with van der Waals surface area (Å²) in [5.74, 6) is -2.40. The van der Waals surface area contributed by atoms with Crippen LogP contribution in [0, 0.1) is 5.92 Å². The topological polar surface area (TPSA) is 168 Å². The van der Waals surface area contributed by atoms with Gasteiger partial charge in [-0.05, 0) is 108 Å². The number of aromatic amines is 1. The summed E-state index contributed by atoms with van der Waals surface area (Å²) in [4.78, 5) is 75.2. The SMILES string of the molecule is CC(C)C[C@H](NC(=O)[C@@H](NC(=O)OCC1c2ccccc2-c2ccccc21)[C@@H](C)OC(C)(C)C)C(=O)N[C@@H](Cc1c[nH]c2ccccc12)C(=O)N1CCC[C@H]1C(=O)OC(C)(C)C. The lowest BCUT2D eigenvalue weighted by molar-refractivity contribution is -0.163. The van der Waals surface area contributed by atoms with E-state index in [1.54, 1.807) is 27.7 Å². The van der Waals surface area contributed by atoms with Crippen LogP contribution in [0.4, 0.5) is 4.79 Å². The van der Waals surface area contributed by atoms with Crippen molar-refractivity contribution in [1.29, 1.82) is 0 Å². The summed E-state index contributed by atoms with van der Waals surface area (Å²) in [6.07, 6.45) is 1.55. The first-order valence-electron chi connectivity index (χ1n) is 21.8. The van der Waals surface area contributed by atoms with Crippen molar-refractivity contribution >= 4 is 40.7 Å². The Morgan fingerprint density at radius 2 is 1.39 bits per heavy atom. The van der Waals surface area contributed by atoms with Crippen LogP contribution in [-0.2, 0) is 39.8 Å². The standard InChI is InChI=1S/C49H63N5O8/c1-29(2)25-39(43(55)52-40(26-31-27-50-38-22-15-14-17-32(31)38)45(57)54-24-16-23-41(54)46(58)62-49(7,8)9)51-44(56)42(30(3)61-48(4,5)6)53-47(59)60-28-37-35-20-12-10-18-33(35)34-19-11-13-21-36(34)37/h10-15,17-22,27,29-30,37,39-42,50H,16,23-26,28H2,1-9H3,(H,51,56)(H,52,55)(H,53,59)/t30-,39+,40+,41+,42+/m1/s1. The van der Waals surface area contributed by atoms with E-state index in [9.17, 15) is 24.0 Å². The third kappa shape index (κ3) is 11.2. The van der Waals surface area contributed by atoms with Crippen LogP contribution in [0.25, 0.3) is 22.0 Å². The Labute approximate surface area is 365 Å². The number of aromatic nitrogens is 1. The molecule has 3 aromatic carbocycles. The number of hydrogen-bond acceptors (Lipinski definition) is 8. The minimum atomic E-state index is -1.25. The Bertz CT molecular complexity index is 2210. The Balaban J connectivity index is 1.22. The van der Waals surface area contributed by atoms with Gasteiger partial charge < -0.3 is 40.0 Å². The van der Waals surface area contributed by atoms with Gasteiger partial charge in [0.15, 0.2) is 0 Å². The van der Waals surface area contributed by atoms with E-state index in [1.807, 2.05) is 101 Å². The van der Waals surface area contributed by atoms with Crippen LogP contribution >= 0.6 is 0 Å². The first-order valence-corrected chi connectivity index (χ1v) is 21.8. The average Bonchev–Trinajstić information content (AvgIpc) is 3.93. The average molecular weight is 850 g/mol. The van der Waals surface area contributed by atoms with Gasteiger partial charge in [-0.25, -0.2) is 9.59 Å². The van der Waals surface area contributed by atoms with Crippen molar-refractivity contribution in [1.82, 2.24) is 25.8 Å². The molecule has 1 aliphatic heterocycles. The van der Waals surface area contributed by atoms with Crippen molar-refractivity contribution in [2.24, 2.45) is 5.92 Å². The van der Waals surface area contributed by atoms with Crippen LogP contribution in [0.1, 0.15) is 104 Å². The van der Waals surface area contributed by atoms with Gasteiger partial charge in [-0.2, -0.15) is 0 Å². The fraction of sp³-hybridized carbons (Fsp3) is 0.490. The molecule has 0 spiro atoms. The fourth-order valence-corrected chi connectivity index (χ4v) is 8.59. The predicted octanol–water partition coefficient (Wildman–Crippen LogP) is 7.17. The quantitative estimate of drug-likeness (QED) is 0.0914. The first kappa shape index (κ1) is 45.8. The first-order chi connectivity index (χ1) is 29.3. The summed E-state index contributed by atoms with van der Waals surface area (Å²) >= 11 is 0. The number of fused-ring (bicyclic) bond motifs is 4. The van der Waals surface area contributed by atoms with Crippen molar-refractivity contribution < 1.29 is 38.2 Å². The number of ether oxygens (including phenoxy) is 3. The molecular weight excluding hydrogens is 787 g/mol. The van der Waals surface area contributed by atoms with E-state index >= 15 is 0 Å². The highest BCUT2D eigenvalue weighted by atomic mass is 16.6. The number of carbonyl (C=O) groups excluding carboxylic acids is 5. The van der Waals surface area contributed by atoms with Crippen molar-refractivity contribution in [3.05, 3.63) is 95.7 Å². The smallest absolute Gasteiger partial charge is 0.407 e. The van der Waals surface area contributed by atoms with Gasteiger partial charge >= 0.3 is 12.1 Å². The maximum Gasteiger partial charge on any atom is 0.407 e. The number of para-hydroxylation sites is 1. The highest BCUT2D eigenvalue weighted by Crippen LogP contribution is 2.44. The lowest BCUT2D eigenvalue weighted by atomic mass is 9.98. The number of hydrogen-bond donors (Lipinski definition) is 4. The van der Waals surface area contributed by atoms with Crippen molar-refractivity contribution in [2.75, 3.05) is 13.2 Å². The molecule has 2 aliphatic rings. The van der Waals surface area contributed by atoms with Crippen LogP contribution in [0.5, 0.6) is 0 Å². The number of nitrogens with zero attached hydrogens (tertiary/aromatic N) is 1. The second-order valence-corrected chi connectivity index (χ2v) is 18.9. The van der Waals surface area contributed by atoms with Crippen LogP contribution in [0.2, 0.25) is 0 Å². The zero-order chi connectivity index (χ0) is 44.9. The summed E-state index contributed by atoms with van der Waals surface area (Å²) in [5, 5.41) is 9.51. The summed E-state index contributed by atoms with van der Waals surface area (Å²) in [5.41, 5.74) is 4.52. The number of rotatable bonds is 15. The molecule has 0 bridgehead atoms. The Morgan fingerprint density at radius 3 is 2.02 bits per heavy atom. The van der Waals surface area contributed by atoms with E-state index < -0.39 is 71.3 Å². The molecule has 13 heteroatoms. The number of esters is 1. The highest BCUT2D eigenvalue weighted by molar-refractivity contribution is 5.96.